The van der Waals surface area contributed by atoms with Gasteiger partial charge in [0.2, 0.25) is 0 Å². The van der Waals surface area contributed by atoms with Gasteiger partial charge < -0.3 is 10.2 Å². The quantitative estimate of drug-likeness (QED) is 0.562. The summed E-state index contributed by atoms with van der Waals surface area (Å²) in [4.78, 5) is 4.68. The predicted octanol–water partition coefficient (Wildman–Crippen LogP) is 6.28. The molecule has 7 atom stereocenters. The molecule has 3 heteroatoms. The van der Waals surface area contributed by atoms with Crippen LogP contribution in [0, 0.1) is 41.4 Å². The molecule has 5 rings (SSSR count). The Bertz CT molecular complexity index is 865. The third-order valence-electron chi connectivity index (χ3n) is 10.7. The summed E-state index contributed by atoms with van der Waals surface area (Å²) in [5.74, 6) is 3.49. The summed E-state index contributed by atoms with van der Waals surface area (Å²) < 4.78 is 0. The lowest BCUT2D eigenvalue weighted by Gasteiger charge is -2.61. The minimum atomic E-state index is -0.719. The lowest BCUT2D eigenvalue weighted by atomic mass is 9.44. The molecule has 1 aromatic rings. The molecular formula is C28H41NO2. The summed E-state index contributed by atoms with van der Waals surface area (Å²) in [6.45, 7) is 7.46. The Kier molecular flexibility index (Phi) is 5.28. The highest BCUT2D eigenvalue weighted by Crippen LogP contribution is 2.68. The van der Waals surface area contributed by atoms with Gasteiger partial charge in [0.15, 0.2) is 0 Å². The van der Waals surface area contributed by atoms with Gasteiger partial charge in [-0.2, -0.15) is 0 Å². The maximum absolute atomic E-state index is 11.9. The topological polar surface area (TPSA) is 52.8 Å². The predicted molar refractivity (Wildman–Crippen MR) is 127 cm³/mol. The van der Waals surface area contributed by atoms with Gasteiger partial charge in [-0.05, 0) is 99.5 Å². The molecule has 2 N–H and O–H groups in total. The maximum atomic E-state index is 11.9. The first-order valence-corrected chi connectivity index (χ1v) is 12.8. The third-order valence-corrected chi connectivity index (χ3v) is 10.7. The van der Waals surface area contributed by atoms with Crippen LogP contribution in [-0.2, 0) is 0 Å². The van der Waals surface area contributed by atoms with E-state index in [1.807, 2.05) is 19.1 Å². The van der Waals surface area contributed by atoms with Crippen LogP contribution in [0.15, 0.2) is 23.2 Å². The van der Waals surface area contributed by atoms with Crippen molar-refractivity contribution < 1.29 is 10.2 Å². The molecule has 0 spiro atoms. The zero-order chi connectivity index (χ0) is 21.9. The van der Waals surface area contributed by atoms with Gasteiger partial charge in [0.1, 0.15) is 5.75 Å². The largest absolute Gasteiger partial charge is 0.507 e. The van der Waals surface area contributed by atoms with E-state index in [1.165, 1.54) is 44.9 Å². The molecule has 1 aromatic carbocycles. The van der Waals surface area contributed by atoms with E-state index in [2.05, 4.69) is 18.8 Å². The molecule has 0 aliphatic heterocycles. The summed E-state index contributed by atoms with van der Waals surface area (Å²) in [7, 11) is 0. The molecule has 0 bridgehead atoms. The molecule has 0 aromatic heterocycles. The van der Waals surface area contributed by atoms with Gasteiger partial charge in [-0.3, -0.25) is 4.99 Å². The second-order valence-corrected chi connectivity index (χ2v) is 12.0. The van der Waals surface area contributed by atoms with Crippen LogP contribution in [0.1, 0.15) is 89.2 Å². The van der Waals surface area contributed by atoms with Gasteiger partial charge in [-0.1, -0.05) is 38.3 Å². The van der Waals surface area contributed by atoms with Crippen molar-refractivity contribution in [1.29, 1.82) is 0 Å². The number of benzene rings is 1. The number of hydrogen-bond acceptors (Lipinski definition) is 3. The van der Waals surface area contributed by atoms with E-state index >= 15 is 0 Å². The van der Waals surface area contributed by atoms with E-state index in [9.17, 15) is 10.2 Å². The Morgan fingerprint density at radius 3 is 2.65 bits per heavy atom. The Morgan fingerprint density at radius 1 is 1.00 bits per heavy atom. The summed E-state index contributed by atoms with van der Waals surface area (Å²) in [5.41, 5.74) is 1.65. The van der Waals surface area contributed by atoms with Crippen LogP contribution in [0.4, 0.5) is 0 Å². The van der Waals surface area contributed by atoms with Crippen LogP contribution in [0.2, 0.25) is 0 Å². The Balaban J connectivity index is 1.35. The zero-order valence-corrected chi connectivity index (χ0v) is 19.7. The van der Waals surface area contributed by atoms with Crippen molar-refractivity contribution in [3.63, 3.8) is 0 Å². The fourth-order valence-corrected chi connectivity index (χ4v) is 8.74. The van der Waals surface area contributed by atoms with Crippen molar-refractivity contribution in [2.24, 2.45) is 39.5 Å². The van der Waals surface area contributed by atoms with Crippen molar-refractivity contribution in [3.05, 3.63) is 29.3 Å². The Hall–Kier alpha value is -1.35. The number of phenols is 1. The standard InChI is InChI=1S/C28H41NO2/c1-19-7-10-25(30)20(16-19)17-29-18-28(31)15-12-24-22-9-8-21-6-4-5-13-26(21,2)23(22)11-14-27(24,28)3/h7,10,16-17,21-24,30-31H,4-6,8-9,11-15,18H2,1-3H3/t21-,22-,23-,24-,26+,27+,28+/m1/s1. The molecule has 31 heavy (non-hydrogen) atoms. The van der Waals surface area contributed by atoms with E-state index in [0.717, 1.165) is 48.1 Å². The van der Waals surface area contributed by atoms with Gasteiger partial charge in [0, 0.05) is 17.2 Å². The number of nitrogens with zero attached hydrogens (tertiary/aromatic N) is 1. The summed E-state index contributed by atoms with van der Waals surface area (Å²) in [5, 5.41) is 22.0. The number of aliphatic hydroxyl groups is 1. The molecule has 0 radical (unpaired) electrons. The van der Waals surface area contributed by atoms with E-state index in [1.54, 1.807) is 12.3 Å². The molecule has 0 amide bonds. The second kappa shape index (κ2) is 7.61. The lowest BCUT2D eigenvalue weighted by Crippen LogP contribution is -2.56. The van der Waals surface area contributed by atoms with Crippen LogP contribution in [0.25, 0.3) is 0 Å². The first-order chi connectivity index (χ1) is 14.8. The van der Waals surface area contributed by atoms with E-state index < -0.39 is 5.60 Å². The number of aromatic hydroxyl groups is 1. The molecule has 0 heterocycles. The highest BCUT2D eigenvalue weighted by Gasteiger charge is 2.64. The van der Waals surface area contributed by atoms with Gasteiger partial charge in [-0.25, -0.2) is 0 Å². The maximum Gasteiger partial charge on any atom is 0.124 e. The van der Waals surface area contributed by atoms with Crippen molar-refractivity contribution in [3.8, 4) is 5.75 Å². The second-order valence-electron chi connectivity index (χ2n) is 12.0. The zero-order valence-electron chi connectivity index (χ0n) is 19.7. The Morgan fingerprint density at radius 2 is 1.81 bits per heavy atom. The van der Waals surface area contributed by atoms with Crippen LogP contribution < -0.4 is 0 Å². The average molecular weight is 424 g/mol. The lowest BCUT2D eigenvalue weighted by molar-refractivity contribution is -0.147. The van der Waals surface area contributed by atoms with Gasteiger partial charge in [-0.15, -0.1) is 0 Å². The van der Waals surface area contributed by atoms with Gasteiger partial charge in [0.05, 0.1) is 12.1 Å². The molecular weight excluding hydrogens is 382 g/mol. The van der Waals surface area contributed by atoms with E-state index in [4.69, 9.17) is 0 Å². The van der Waals surface area contributed by atoms with E-state index in [-0.39, 0.29) is 11.2 Å². The molecule has 4 fully saturated rings. The summed E-state index contributed by atoms with van der Waals surface area (Å²) >= 11 is 0. The molecule has 170 valence electrons. The smallest absolute Gasteiger partial charge is 0.124 e. The van der Waals surface area contributed by atoms with Crippen LogP contribution >= 0.6 is 0 Å². The third kappa shape index (κ3) is 3.29. The Labute approximate surface area is 188 Å². The number of phenolic OH excluding ortho intramolecular Hbond substituents is 1. The SMILES string of the molecule is Cc1ccc(O)c(C=NC[C@@]2(O)CC[C@@H]3[C@@H]4CC[C@H]5CCCC[C@]5(C)[C@@H]4CC[C@@]32C)c1. The number of fused-ring (bicyclic) bond motifs is 5. The molecule has 3 nitrogen and oxygen atoms in total. The van der Waals surface area contributed by atoms with Crippen LogP contribution in [0.3, 0.4) is 0 Å². The van der Waals surface area contributed by atoms with Crippen LogP contribution in [0.5, 0.6) is 5.75 Å². The number of rotatable bonds is 3. The summed E-state index contributed by atoms with van der Waals surface area (Å²) in [6, 6.07) is 5.58. The van der Waals surface area contributed by atoms with Crippen molar-refractivity contribution in [2.75, 3.05) is 6.54 Å². The highest BCUT2D eigenvalue weighted by atomic mass is 16.3. The first-order valence-electron chi connectivity index (χ1n) is 12.8. The van der Waals surface area contributed by atoms with Gasteiger partial charge >= 0.3 is 0 Å². The summed E-state index contributed by atoms with van der Waals surface area (Å²) in [6.07, 6.45) is 14.7. The van der Waals surface area contributed by atoms with Crippen LogP contribution in [-0.4, -0.2) is 28.6 Å². The number of aryl methyl sites for hydroxylation is 1. The first kappa shape index (κ1) is 21.5. The minimum absolute atomic E-state index is 0.0297. The van der Waals surface area contributed by atoms with Crippen molar-refractivity contribution >= 4 is 6.21 Å². The van der Waals surface area contributed by atoms with Gasteiger partial charge in [0.25, 0.3) is 0 Å². The van der Waals surface area contributed by atoms with E-state index in [0.29, 0.717) is 17.9 Å². The molecule has 0 saturated heterocycles. The molecule has 0 unspecified atom stereocenters. The van der Waals surface area contributed by atoms with Crippen molar-refractivity contribution in [1.82, 2.24) is 0 Å². The highest BCUT2D eigenvalue weighted by molar-refractivity contribution is 5.83. The molecule has 4 saturated carbocycles. The fourth-order valence-electron chi connectivity index (χ4n) is 8.74. The fraction of sp³-hybridized carbons (Fsp3) is 0.750. The van der Waals surface area contributed by atoms with Crippen molar-refractivity contribution in [2.45, 2.75) is 90.6 Å². The monoisotopic (exact) mass is 423 g/mol. The number of aliphatic imine (C=N–C) groups is 1. The molecule has 4 aliphatic rings. The number of hydrogen-bond donors (Lipinski definition) is 2. The minimum Gasteiger partial charge on any atom is -0.507 e. The normalized spacial score (nSPS) is 44.6. The average Bonchev–Trinajstić information content (AvgIpc) is 3.01. The molecule has 4 aliphatic carbocycles.